The maximum absolute atomic E-state index is 11.8. The van der Waals surface area contributed by atoms with Gasteiger partial charge in [0.15, 0.2) is 0 Å². The average molecular weight is 241 g/mol. The monoisotopic (exact) mass is 241 g/mol. The second-order valence-corrected chi connectivity index (χ2v) is 4.72. The van der Waals surface area contributed by atoms with Gasteiger partial charge in [-0.25, -0.2) is 0 Å². The summed E-state index contributed by atoms with van der Waals surface area (Å²) in [6.07, 6.45) is 1.01. The van der Waals surface area contributed by atoms with Gasteiger partial charge in [-0.15, -0.1) is 0 Å². The van der Waals surface area contributed by atoms with Gasteiger partial charge in [0.25, 0.3) is 0 Å². The summed E-state index contributed by atoms with van der Waals surface area (Å²) >= 11 is 0. The van der Waals surface area contributed by atoms with Gasteiger partial charge in [-0.2, -0.15) is 0 Å². The Balaban J connectivity index is 2.92. The van der Waals surface area contributed by atoms with Crippen LogP contribution in [0.2, 0.25) is 0 Å². The van der Waals surface area contributed by atoms with Crippen LogP contribution in [0.1, 0.15) is 40.0 Å². The van der Waals surface area contributed by atoms with Crippen LogP contribution in [-0.4, -0.2) is 34.3 Å². The van der Waals surface area contributed by atoms with Crippen LogP contribution in [0.4, 0.5) is 0 Å². The first-order valence-electron chi connectivity index (χ1n) is 5.95. The minimum atomic E-state index is -1.00. The predicted molar refractivity (Wildman–Crippen MR) is 61.2 cm³/mol. The van der Waals surface area contributed by atoms with Crippen molar-refractivity contribution >= 4 is 17.8 Å². The zero-order chi connectivity index (χ0) is 13.2. The molecule has 0 bridgehead atoms. The van der Waals surface area contributed by atoms with Crippen molar-refractivity contribution < 1.29 is 19.5 Å². The number of hydrogen-bond donors (Lipinski definition) is 1. The topological polar surface area (TPSA) is 74.7 Å². The van der Waals surface area contributed by atoms with E-state index in [4.69, 9.17) is 0 Å². The quantitative estimate of drug-likeness (QED) is 0.735. The Bertz CT molecular complexity index is 346. The molecule has 1 rings (SSSR count). The van der Waals surface area contributed by atoms with Crippen LogP contribution in [0.3, 0.4) is 0 Å². The Morgan fingerprint density at radius 1 is 1.41 bits per heavy atom. The van der Waals surface area contributed by atoms with Crippen molar-refractivity contribution in [2.24, 2.45) is 11.3 Å². The van der Waals surface area contributed by atoms with Crippen LogP contribution in [0.25, 0.3) is 0 Å². The summed E-state index contributed by atoms with van der Waals surface area (Å²) in [7, 11) is 0. The molecule has 0 saturated carbocycles. The number of amides is 2. The minimum absolute atomic E-state index is 0.00264. The second-order valence-electron chi connectivity index (χ2n) is 4.72. The lowest BCUT2D eigenvalue weighted by Crippen LogP contribution is -2.45. The van der Waals surface area contributed by atoms with Crippen molar-refractivity contribution in [3.63, 3.8) is 0 Å². The summed E-state index contributed by atoms with van der Waals surface area (Å²) in [4.78, 5) is 35.8. The molecule has 0 radical (unpaired) electrons. The van der Waals surface area contributed by atoms with Gasteiger partial charge in [0.05, 0.1) is 5.41 Å². The molecule has 1 fully saturated rings. The molecule has 2 amide bonds. The summed E-state index contributed by atoms with van der Waals surface area (Å²) < 4.78 is 0. The molecule has 0 spiro atoms. The minimum Gasteiger partial charge on any atom is -0.481 e. The van der Waals surface area contributed by atoms with Crippen LogP contribution < -0.4 is 0 Å². The lowest BCUT2D eigenvalue weighted by Gasteiger charge is -2.30. The number of imide groups is 1. The molecule has 5 heteroatoms. The lowest BCUT2D eigenvalue weighted by molar-refractivity contribution is -0.153. The number of nitrogens with zero attached hydrogens (tertiary/aromatic N) is 1. The van der Waals surface area contributed by atoms with Gasteiger partial charge in [-0.05, 0) is 12.8 Å². The molecule has 0 aromatic carbocycles. The molecule has 1 aliphatic rings. The largest absolute Gasteiger partial charge is 0.481 e. The van der Waals surface area contributed by atoms with Crippen LogP contribution in [-0.2, 0) is 14.4 Å². The van der Waals surface area contributed by atoms with Gasteiger partial charge in [0.1, 0.15) is 0 Å². The number of likely N-dealkylation sites (tertiary alicyclic amines) is 1. The van der Waals surface area contributed by atoms with E-state index in [-0.39, 0.29) is 30.7 Å². The van der Waals surface area contributed by atoms with Gasteiger partial charge in [-0.3, -0.25) is 19.3 Å². The molecule has 0 aliphatic carbocycles. The van der Waals surface area contributed by atoms with Crippen LogP contribution in [0.15, 0.2) is 0 Å². The first-order valence-corrected chi connectivity index (χ1v) is 5.95. The maximum atomic E-state index is 11.8. The Kier molecular flexibility index (Phi) is 3.91. The summed E-state index contributed by atoms with van der Waals surface area (Å²) in [6.45, 7) is 5.23. The molecule has 1 unspecified atom stereocenters. The molecule has 5 nitrogen and oxygen atoms in total. The number of aliphatic carboxylic acids is 1. The van der Waals surface area contributed by atoms with Crippen LogP contribution in [0.5, 0.6) is 0 Å². The van der Waals surface area contributed by atoms with Crippen LogP contribution in [0, 0.1) is 11.3 Å². The fraction of sp³-hybridized carbons (Fsp3) is 0.750. The van der Waals surface area contributed by atoms with Gasteiger partial charge < -0.3 is 5.11 Å². The van der Waals surface area contributed by atoms with E-state index >= 15 is 0 Å². The van der Waals surface area contributed by atoms with Crippen molar-refractivity contribution in [2.75, 3.05) is 6.54 Å². The molecule has 0 aromatic rings. The highest BCUT2D eigenvalue weighted by molar-refractivity contribution is 6.03. The fourth-order valence-corrected chi connectivity index (χ4v) is 2.16. The number of hydrogen-bond acceptors (Lipinski definition) is 3. The third-order valence-corrected chi connectivity index (χ3v) is 3.74. The van der Waals surface area contributed by atoms with E-state index in [1.54, 1.807) is 20.8 Å². The van der Waals surface area contributed by atoms with E-state index in [1.165, 1.54) is 0 Å². The number of rotatable bonds is 5. The number of carbonyl (C=O) groups excluding carboxylic acids is 2. The summed E-state index contributed by atoms with van der Waals surface area (Å²) in [5.74, 6) is -1.76. The Morgan fingerprint density at radius 2 is 1.94 bits per heavy atom. The SMILES string of the molecule is CCC(CC)(CN1C(=O)CC(C)C1=O)C(=O)O. The Morgan fingerprint density at radius 3 is 2.24 bits per heavy atom. The normalized spacial score (nSPS) is 21.1. The smallest absolute Gasteiger partial charge is 0.311 e. The highest BCUT2D eigenvalue weighted by Gasteiger charge is 2.44. The third-order valence-electron chi connectivity index (χ3n) is 3.74. The van der Waals surface area contributed by atoms with Gasteiger partial charge in [0, 0.05) is 18.9 Å². The molecule has 1 saturated heterocycles. The Hall–Kier alpha value is -1.39. The summed E-state index contributed by atoms with van der Waals surface area (Å²) in [6, 6.07) is 0. The first kappa shape index (κ1) is 13.7. The van der Waals surface area contributed by atoms with E-state index in [9.17, 15) is 19.5 Å². The summed E-state index contributed by atoms with van der Waals surface area (Å²) in [5.41, 5.74) is -1.00. The zero-order valence-electron chi connectivity index (χ0n) is 10.5. The van der Waals surface area contributed by atoms with Gasteiger partial charge in [-0.1, -0.05) is 20.8 Å². The number of carbonyl (C=O) groups is 3. The summed E-state index contributed by atoms with van der Waals surface area (Å²) in [5, 5.41) is 9.27. The predicted octanol–water partition coefficient (Wildman–Crippen LogP) is 1.27. The molecule has 17 heavy (non-hydrogen) atoms. The number of carboxylic acids is 1. The van der Waals surface area contributed by atoms with Crippen molar-refractivity contribution in [3.05, 3.63) is 0 Å². The van der Waals surface area contributed by atoms with Crippen molar-refractivity contribution in [1.29, 1.82) is 0 Å². The van der Waals surface area contributed by atoms with Crippen molar-refractivity contribution in [1.82, 2.24) is 4.90 Å². The average Bonchev–Trinajstić information content (AvgIpc) is 2.51. The second kappa shape index (κ2) is 4.85. The molecular weight excluding hydrogens is 222 g/mol. The lowest BCUT2D eigenvalue weighted by atomic mass is 9.82. The zero-order valence-corrected chi connectivity index (χ0v) is 10.5. The van der Waals surface area contributed by atoms with E-state index in [0.29, 0.717) is 12.8 Å². The van der Waals surface area contributed by atoms with E-state index in [0.717, 1.165) is 4.90 Å². The Labute approximate surface area is 101 Å². The number of carboxylic acid groups (broad SMARTS) is 1. The van der Waals surface area contributed by atoms with E-state index < -0.39 is 11.4 Å². The van der Waals surface area contributed by atoms with Crippen molar-refractivity contribution in [2.45, 2.75) is 40.0 Å². The molecular formula is C12H19NO4. The molecule has 1 N–H and O–H groups in total. The van der Waals surface area contributed by atoms with Crippen molar-refractivity contribution in [3.8, 4) is 0 Å². The third kappa shape index (κ3) is 2.33. The van der Waals surface area contributed by atoms with E-state index in [2.05, 4.69) is 0 Å². The molecule has 1 atom stereocenters. The molecule has 1 heterocycles. The van der Waals surface area contributed by atoms with Gasteiger partial charge >= 0.3 is 5.97 Å². The standard InChI is InChI=1S/C12H19NO4/c1-4-12(5-2,11(16)17)7-13-9(14)6-8(3)10(13)15/h8H,4-7H2,1-3H3,(H,16,17). The van der Waals surface area contributed by atoms with Gasteiger partial charge in [0.2, 0.25) is 11.8 Å². The molecule has 1 aliphatic heterocycles. The highest BCUT2D eigenvalue weighted by Crippen LogP contribution is 2.31. The molecule has 96 valence electrons. The highest BCUT2D eigenvalue weighted by atomic mass is 16.4. The van der Waals surface area contributed by atoms with E-state index in [1.807, 2.05) is 0 Å². The molecule has 0 aromatic heterocycles. The maximum Gasteiger partial charge on any atom is 0.311 e. The first-order chi connectivity index (χ1) is 7.88. The van der Waals surface area contributed by atoms with Crippen LogP contribution >= 0.6 is 0 Å². The fourth-order valence-electron chi connectivity index (χ4n) is 2.16.